The Hall–Kier alpha value is -0.960. The van der Waals surface area contributed by atoms with Crippen molar-refractivity contribution in [3.05, 3.63) is 11.6 Å². The van der Waals surface area contributed by atoms with Gasteiger partial charge in [0.05, 0.1) is 6.61 Å². The van der Waals surface area contributed by atoms with E-state index in [1.807, 2.05) is 6.08 Å². The Kier molecular flexibility index (Phi) is 3.17. The first-order valence-electron chi connectivity index (χ1n) is 8.89. The highest BCUT2D eigenvalue weighted by molar-refractivity contribution is 5.91. The summed E-state index contributed by atoms with van der Waals surface area (Å²) in [5.41, 5.74) is 0.938. The molecule has 120 valence electrons. The van der Waals surface area contributed by atoms with Crippen LogP contribution < -0.4 is 0 Å². The Morgan fingerprint density at radius 2 is 1.91 bits per heavy atom. The molecule has 3 nitrogen and oxygen atoms in total. The number of aliphatic hydroxyl groups excluding tert-OH is 1. The summed E-state index contributed by atoms with van der Waals surface area (Å²) in [6, 6.07) is 0. The molecule has 0 bridgehead atoms. The van der Waals surface area contributed by atoms with Crippen molar-refractivity contribution in [3.63, 3.8) is 0 Å². The fourth-order valence-electron chi connectivity index (χ4n) is 6.43. The summed E-state index contributed by atoms with van der Waals surface area (Å²) in [5, 5.41) is 10.2. The Bertz CT molecular complexity index is 563. The van der Waals surface area contributed by atoms with Crippen molar-refractivity contribution >= 4 is 11.6 Å². The van der Waals surface area contributed by atoms with Crippen LogP contribution in [0.1, 0.15) is 58.3 Å². The third kappa shape index (κ3) is 1.72. The van der Waals surface area contributed by atoms with Gasteiger partial charge >= 0.3 is 0 Å². The number of hydrogen-bond acceptors (Lipinski definition) is 3. The van der Waals surface area contributed by atoms with Gasteiger partial charge in [-0.25, -0.2) is 0 Å². The molecule has 0 saturated heterocycles. The smallest absolute Gasteiger partial charge is 0.155 e. The summed E-state index contributed by atoms with van der Waals surface area (Å²) in [5.74, 6) is 2.22. The first-order chi connectivity index (χ1) is 10.5. The molecule has 0 radical (unpaired) electrons. The van der Waals surface area contributed by atoms with Crippen LogP contribution in [-0.4, -0.2) is 23.3 Å². The Balaban J connectivity index is 1.73. The van der Waals surface area contributed by atoms with E-state index in [0.29, 0.717) is 30.0 Å². The lowest BCUT2D eigenvalue weighted by atomic mass is 9.47. The average Bonchev–Trinajstić information content (AvgIpc) is 2.82. The second kappa shape index (κ2) is 4.77. The Labute approximate surface area is 132 Å². The van der Waals surface area contributed by atoms with Crippen molar-refractivity contribution in [2.45, 2.75) is 58.3 Å². The average molecular weight is 302 g/mol. The highest BCUT2D eigenvalue weighted by Gasteiger charge is 2.59. The minimum atomic E-state index is -0.163. The highest BCUT2D eigenvalue weighted by Crippen LogP contribution is 2.64. The molecule has 0 aromatic rings. The van der Waals surface area contributed by atoms with E-state index in [9.17, 15) is 14.7 Å². The van der Waals surface area contributed by atoms with Gasteiger partial charge in [-0.3, -0.25) is 9.59 Å². The number of rotatable bonds is 1. The highest BCUT2D eigenvalue weighted by atomic mass is 16.3. The lowest BCUT2D eigenvalue weighted by Crippen LogP contribution is -2.53. The molecule has 0 aromatic carbocycles. The third-order valence-corrected chi connectivity index (χ3v) is 7.68. The number of hydrogen-bond donors (Lipinski definition) is 1. The summed E-state index contributed by atoms with van der Waals surface area (Å²) in [6.07, 6.45) is 9.06. The predicted molar refractivity (Wildman–Crippen MR) is 83.1 cm³/mol. The molecule has 3 fully saturated rings. The number of carbonyl (C=O) groups excluding carboxylic acids is 2. The van der Waals surface area contributed by atoms with Crippen molar-refractivity contribution in [1.29, 1.82) is 0 Å². The molecule has 4 aliphatic carbocycles. The number of carbonyl (C=O) groups is 2. The van der Waals surface area contributed by atoms with Gasteiger partial charge in [-0.05, 0) is 62.4 Å². The van der Waals surface area contributed by atoms with Crippen molar-refractivity contribution < 1.29 is 14.7 Å². The number of aliphatic hydroxyl groups is 1. The normalized spacial score (nSPS) is 47.5. The predicted octanol–water partition coefficient (Wildman–Crippen LogP) is 3.06. The molecule has 3 saturated carbocycles. The number of ketones is 2. The van der Waals surface area contributed by atoms with Gasteiger partial charge in [0, 0.05) is 23.7 Å². The molecule has 1 unspecified atom stereocenters. The van der Waals surface area contributed by atoms with Gasteiger partial charge in [-0.15, -0.1) is 0 Å². The van der Waals surface area contributed by atoms with E-state index in [-0.39, 0.29) is 23.2 Å². The van der Waals surface area contributed by atoms with Crippen LogP contribution in [0, 0.1) is 28.6 Å². The Morgan fingerprint density at radius 1 is 1.09 bits per heavy atom. The molecule has 0 amide bonds. The summed E-state index contributed by atoms with van der Waals surface area (Å²) < 4.78 is 0. The van der Waals surface area contributed by atoms with Gasteiger partial charge in [0.1, 0.15) is 5.78 Å². The van der Waals surface area contributed by atoms with Crippen LogP contribution >= 0.6 is 0 Å². The van der Waals surface area contributed by atoms with Crippen molar-refractivity contribution in [2.75, 3.05) is 6.61 Å². The minimum absolute atomic E-state index is 0.108. The van der Waals surface area contributed by atoms with Crippen LogP contribution in [0.2, 0.25) is 0 Å². The van der Waals surface area contributed by atoms with Gasteiger partial charge in [-0.2, -0.15) is 0 Å². The van der Waals surface area contributed by atoms with E-state index in [0.717, 1.165) is 44.9 Å². The van der Waals surface area contributed by atoms with Crippen LogP contribution in [0.15, 0.2) is 11.6 Å². The van der Waals surface area contributed by atoms with Crippen LogP contribution in [0.25, 0.3) is 0 Å². The van der Waals surface area contributed by atoms with E-state index >= 15 is 0 Å². The van der Waals surface area contributed by atoms with Crippen molar-refractivity contribution in [1.82, 2.24) is 0 Å². The first-order valence-corrected chi connectivity index (χ1v) is 8.89. The molecule has 3 heteroatoms. The zero-order valence-corrected chi connectivity index (χ0v) is 13.4. The van der Waals surface area contributed by atoms with Gasteiger partial charge in [0.2, 0.25) is 0 Å². The van der Waals surface area contributed by atoms with Gasteiger partial charge in [-0.1, -0.05) is 12.5 Å². The molecule has 0 spiro atoms. The summed E-state index contributed by atoms with van der Waals surface area (Å²) >= 11 is 0. The fourth-order valence-corrected chi connectivity index (χ4v) is 6.43. The molecule has 4 rings (SSSR count). The lowest BCUT2D eigenvalue weighted by Gasteiger charge is -2.57. The second-order valence-corrected chi connectivity index (χ2v) is 8.28. The molecule has 5 atom stereocenters. The molecule has 0 aliphatic heterocycles. The monoisotopic (exact) mass is 302 g/mol. The summed E-state index contributed by atoms with van der Waals surface area (Å²) in [4.78, 5) is 24.2. The molecular weight excluding hydrogens is 276 g/mol. The lowest BCUT2D eigenvalue weighted by molar-refractivity contribution is -0.134. The van der Waals surface area contributed by atoms with E-state index in [1.54, 1.807) is 0 Å². The molecule has 4 aliphatic rings. The maximum absolute atomic E-state index is 12.4. The van der Waals surface area contributed by atoms with Crippen LogP contribution in [-0.2, 0) is 9.59 Å². The molecular formula is C19H26O3. The number of Topliss-reactive ketones (excluding diaryl/α,β-unsaturated/α-hetero) is 1. The Morgan fingerprint density at radius 3 is 2.68 bits per heavy atom. The topological polar surface area (TPSA) is 54.4 Å². The van der Waals surface area contributed by atoms with Crippen molar-refractivity contribution in [2.24, 2.45) is 28.6 Å². The zero-order chi connectivity index (χ0) is 15.5. The van der Waals surface area contributed by atoms with Crippen LogP contribution in [0.3, 0.4) is 0 Å². The third-order valence-electron chi connectivity index (χ3n) is 7.68. The number of fused-ring (bicyclic) bond motifs is 5. The molecule has 0 heterocycles. The van der Waals surface area contributed by atoms with E-state index < -0.39 is 0 Å². The fraction of sp³-hybridized carbons (Fsp3) is 0.789. The van der Waals surface area contributed by atoms with Crippen LogP contribution in [0.4, 0.5) is 0 Å². The van der Waals surface area contributed by atoms with Gasteiger partial charge in [0.15, 0.2) is 5.78 Å². The standard InChI is InChI=1S/C19H26O3/c1-18-8-7-16-14(15(18)4-5-17(18)22)3-2-12-10-13(21)6-9-19(12,16)11-20/h10,14-16,20H,2-9,11H2,1H3/t14-,15?,16-,18-,19+/m0/s1. The van der Waals surface area contributed by atoms with E-state index in [4.69, 9.17) is 0 Å². The summed E-state index contributed by atoms with van der Waals surface area (Å²) in [7, 11) is 0. The first kappa shape index (κ1) is 14.6. The SMILES string of the molecule is C[C@]12CC[C@H]3[C@@H](CCC4=CC(=O)CC[C@@]43CO)C1CCC2=O. The quantitative estimate of drug-likeness (QED) is 0.810. The van der Waals surface area contributed by atoms with Crippen LogP contribution in [0.5, 0.6) is 0 Å². The second-order valence-electron chi connectivity index (χ2n) is 8.28. The van der Waals surface area contributed by atoms with Gasteiger partial charge < -0.3 is 5.11 Å². The maximum Gasteiger partial charge on any atom is 0.155 e. The molecule has 0 aromatic heterocycles. The van der Waals surface area contributed by atoms with E-state index in [2.05, 4.69) is 6.92 Å². The molecule has 1 N–H and O–H groups in total. The largest absolute Gasteiger partial charge is 0.395 e. The van der Waals surface area contributed by atoms with Crippen molar-refractivity contribution in [3.8, 4) is 0 Å². The minimum Gasteiger partial charge on any atom is -0.395 e. The summed E-state index contributed by atoms with van der Waals surface area (Å²) in [6.45, 7) is 2.36. The zero-order valence-electron chi connectivity index (χ0n) is 13.4. The van der Waals surface area contributed by atoms with E-state index in [1.165, 1.54) is 5.57 Å². The van der Waals surface area contributed by atoms with Gasteiger partial charge in [0.25, 0.3) is 0 Å². The maximum atomic E-state index is 12.4. The molecule has 22 heavy (non-hydrogen) atoms.